The second-order valence-electron chi connectivity index (χ2n) is 7.62. The normalized spacial score (nSPS) is 23.0. The van der Waals surface area contributed by atoms with Gasteiger partial charge < -0.3 is 10.2 Å². The van der Waals surface area contributed by atoms with Gasteiger partial charge in [-0.1, -0.05) is 66.7 Å². The molecule has 3 saturated heterocycles. The standard InChI is InChI=1S/C24H22N4O/c29-24(20-14-25-12-13-26-20)28-15-21-23(22(16-28)27-21)19-10-8-18(9-11-19)7-6-17-4-2-1-3-5-17/h1-14,21-23,27H,15-16H2/t21-,22+,23?. The van der Waals surface area contributed by atoms with Crippen molar-refractivity contribution in [3.63, 3.8) is 0 Å². The maximum atomic E-state index is 12.6. The number of hydrogen-bond acceptors (Lipinski definition) is 4. The van der Waals surface area contributed by atoms with Gasteiger partial charge in [0.15, 0.2) is 0 Å². The lowest BCUT2D eigenvalue weighted by Gasteiger charge is -2.54. The molecule has 6 rings (SSSR count). The highest BCUT2D eigenvalue weighted by molar-refractivity contribution is 5.92. The third-order valence-corrected chi connectivity index (χ3v) is 5.79. The molecule has 3 atom stereocenters. The van der Waals surface area contributed by atoms with Crippen LogP contribution in [0.1, 0.15) is 33.1 Å². The van der Waals surface area contributed by atoms with Crippen LogP contribution in [0.15, 0.2) is 73.2 Å². The number of nitrogens with one attached hydrogen (secondary N) is 1. The molecule has 3 aliphatic rings. The van der Waals surface area contributed by atoms with E-state index in [9.17, 15) is 4.79 Å². The molecule has 2 bridgehead atoms. The van der Waals surface area contributed by atoms with Crippen LogP contribution in [-0.4, -0.2) is 45.9 Å². The summed E-state index contributed by atoms with van der Waals surface area (Å²) in [6, 6.07) is 19.7. The lowest BCUT2D eigenvalue weighted by atomic mass is 9.74. The van der Waals surface area contributed by atoms with Gasteiger partial charge >= 0.3 is 0 Å². The van der Waals surface area contributed by atoms with Crippen LogP contribution in [0.4, 0.5) is 0 Å². The predicted octanol–water partition coefficient (Wildman–Crippen LogP) is 3.23. The van der Waals surface area contributed by atoms with Crippen LogP contribution in [0.5, 0.6) is 0 Å². The Bertz CT molecular complexity index is 1010. The van der Waals surface area contributed by atoms with Crippen molar-refractivity contribution in [3.8, 4) is 0 Å². The number of benzene rings is 2. The number of fused-ring (bicyclic) bond motifs is 2. The summed E-state index contributed by atoms with van der Waals surface area (Å²) in [4.78, 5) is 22.7. The van der Waals surface area contributed by atoms with Crippen LogP contribution in [0.3, 0.4) is 0 Å². The van der Waals surface area contributed by atoms with E-state index in [0.717, 1.165) is 0 Å². The Morgan fingerprint density at radius 3 is 2.28 bits per heavy atom. The molecule has 0 aliphatic carbocycles. The number of carbonyl (C=O) groups excluding carboxylic acids is 1. The Morgan fingerprint density at radius 1 is 0.931 bits per heavy atom. The maximum absolute atomic E-state index is 12.6. The highest BCUT2D eigenvalue weighted by Crippen LogP contribution is 2.37. The molecule has 3 fully saturated rings. The van der Waals surface area contributed by atoms with Gasteiger partial charge in [-0.25, -0.2) is 4.98 Å². The first-order valence-electron chi connectivity index (χ1n) is 9.92. The Hall–Kier alpha value is -3.31. The van der Waals surface area contributed by atoms with Gasteiger partial charge in [-0.3, -0.25) is 9.78 Å². The van der Waals surface area contributed by atoms with E-state index in [1.54, 1.807) is 12.4 Å². The molecule has 0 saturated carbocycles. The summed E-state index contributed by atoms with van der Waals surface area (Å²) >= 11 is 0. The molecular weight excluding hydrogens is 360 g/mol. The van der Waals surface area contributed by atoms with Crippen molar-refractivity contribution in [2.24, 2.45) is 0 Å². The first kappa shape index (κ1) is 17.8. The number of amides is 1. The minimum atomic E-state index is -0.0329. The number of nitrogens with zero attached hydrogens (tertiary/aromatic N) is 3. The SMILES string of the molecule is O=C(c1cnccn1)N1C[C@@H]2N[C@H](C1)C2c1ccc(C=Cc2ccccc2)cc1. The quantitative estimate of drug-likeness (QED) is 0.704. The smallest absolute Gasteiger partial charge is 0.274 e. The van der Waals surface area contributed by atoms with Gasteiger partial charge in [-0.15, -0.1) is 0 Å². The van der Waals surface area contributed by atoms with Crippen LogP contribution in [0.2, 0.25) is 0 Å². The van der Waals surface area contributed by atoms with Gasteiger partial charge in [0.25, 0.3) is 5.91 Å². The van der Waals surface area contributed by atoms with Crippen molar-refractivity contribution in [2.45, 2.75) is 18.0 Å². The third kappa shape index (κ3) is 3.57. The van der Waals surface area contributed by atoms with Crippen molar-refractivity contribution in [3.05, 3.63) is 95.6 Å². The van der Waals surface area contributed by atoms with Crippen LogP contribution >= 0.6 is 0 Å². The summed E-state index contributed by atoms with van der Waals surface area (Å²) in [5.74, 6) is 0.419. The molecule has 144 valence electrons. The highest BCUT2D eigenvalue weighted by atomic mass is 16.2. The Balaban J connectivity index is 1.24. The molecule has 1 N–H and O–H groups in total. The molecule has 5 nitrogen and oxygen atoms in total. The molecule has 0 radical (unpaired) electrons. The van der Waals surface area contributed by atoms with E-state index in [2.05, 4.69) is 63.8 Å². The van der Waals surface area contributed by atoms with E-state index in [-0.39, 0.29) is 5.91 Å². The average Bonchev–Trinajstić information content (AvgIpc) is 2.79. The molecule has 2 aromatic carbocycles. The van der Waals surface area contributed by atoms with E-state index in [4.69, 9.17) is 0 Å². The largest absolute Gasteiger partial charge is 0.334 e. The molecule has 29 heavy (non-hydrogen) atoms. The molecule has 3 aromatic rings. The van der Waals surface area contributed by atoms with Crippen LogP contribution < -0.4 is 5.32 Å². The van der Waals surface area contributed by atoms with Gasteiger partial charge in [-0.05, 0) is 16.7 Å². The van der Waals surface area contributed by atoms with E-state index in [1.807, 2.05) is 23.1 Å². The van der Waals surface area contributed by atoms with Crippen molar-refractivity contribution < 1.29 is 4.79 Å². The van der Waals surface area contributed by atoms with Crippen LogP contribution in [0.25, 0.3) is 12.2 Å². The highest BCUT2D eigenvalue weighted by Gasteiger charge is 2.48. The lowest BCUT2D eigenvalue weighted by Crippen LogP contribution is -2.72. The predicted molar refractivity (Wildman–Crippen MR) is 113 cm³/mol. The minimum absolute atomic E-state index is 0.0329. The summed E-state index contributed by atoms with van der Waals surface area (Å²) in [5.41, 5.74) is 4.14. The van der Waals surface area contributed by atoms with Gasteiger partial charge in [0.05, 0.1) is 6.20 Å². The summed E-state index contributed by atoms with van der Waals surface area (Å²) in [5, 5.41) is 3.58. The fourth-order valence-corrected chi connectivity index (χ4v) is 4.31. The zero-order valence-corrected chi connectivity index (χ0v) is 16.0. The van der Waals surface area contributed by atoms with Gasteiger partial charge in [-0.2, -0.15) is 0 Å². The van der Waals surface area contributed by atoms with Crippen molar-refractivity contribution in [2.75, 3.05) is 13.1 Å². The molecule has 3 aliphatic heterocycles. The maximum Gasteiger partial charge on any atom is 0.274 e. The third-order valence-electron chi connectivity index (χ3n) is 5.79. The topological polar surface area (TPSA) is 58.1 Å². The number of piperazine rings is 1. The summed E-state index contributed by atoms with van der Waals surface area (Å²) < 4.78 is 0. The summed E-state index contributed by atoms with van der Waals surface area (Å²) in [7, 11) is 0. The molecule has 4 heterocycles. The molecule has 5 heteroatoms. The number of rotatable bonds is 4. The van der Waals surface area contributed by atoms with Crippen LogP contribution in [0, 0.1) is 0 Å². The molecule has 1 aromatic heterocycles. The average molecular weight is 382 g/mol. The van der Waals surface area contributed by atoms with Gasteiger partial charge in [0.2, 0.25) is 0 Å². The van der Waals surface area contributed by atoms with E-state index in [1.165, 1.54) is 22.9 Å². The number of aromatic nitrogens is 2. The fraction of sp³-hybridized carbons (Fsp3) is 0.208. The lowest BCUT2D eigenvalue weighted by molar-refractivity contribution is 0.0362. The Kier molecular flexibility index (Phi) is 4.66. The zero-order valence-electron chi connectivity index (χ0n) is 16.0. The monoisotopic (exact) mass is 382 g/mol. The first-order chi connectivity index (χ1) is 14.3. The Labute approximate surface area is 170 Å². The van der Waals surface area contributed by atoms with Crippen LogP contribution in [-0.2, 0) is 0 Å². The second-order valence-corrected chi connectivity index (χ2v) is 7.62. The molecule has 1 unspecified atom stereocenters. The van der Waals surface area contributed by atoms with E-state index >= 15 is 0 Å². The first-order valence-corrected chi connectivity index (χ1v) is 9.92. The summed E-state index contributed by atoms with van der Waals surface area (Å²) in [6.45, 7) is 1.40. The van der Waals surface area contributed by atoms with Crippen molar-refractivity contribution in [1.29, 1.82) is 0 Å². The van der Waals surface area contributed by atoms with E-state index in [0.29, 0.717) is 36.8 Å². The Morgan fingerprint density at radius 2 is 1.62 bits per heavy atom. The van der Waals surface area contributed by atoms with Gasteiger partial charge in [0.1, 0.15) is 5.69 Å². The van der Waals surface area contributed by atoms with Crippen molar-refractivity contribution in [1.82, 2.24) is 20.2 Å². The van der Waals surface area contributed by atoms with Crippen molar-refractivity contribution >= 4 is 18.1 Å². The zero-order chi connectivity index (χ0) is 19.6. The number of hydrogen-bond donors (Lipinski definition) is 1. The van der Waals surface area contributed by atoms with Gasteiger partial charge in [0, 0.05) is 43.5 Å². The fourth-order valence-electron chi connectivity index (χ4n) is 4.31. The molecule has 1 amide bonds. The summed E-state index contributed by atoms with van der Waals surface area (Å²) in [6.07, 6.45) is 8.95. The molecular formula is C24H22N4O. The second kappa shape index (κ2) is 7.60. The number of carbonyl (C=O) groups is 1. The number of piperidine rings is 1. The molecule has 0 spiro atoms. The van der Waals surface area contributed by atoms with E-state index < -0.39 is 0 Å². The minimum Gasteiger partial charge on any atom is -0.334 e.